The van der Waals surface area contributed by atoms with Gasteiger partial charge >= 0.3 is 0 Å². The van der Waals surface area contributed by atoms with Crippen molar-refractivity contribution in [2.45, 2.75) is 26.3 Å². The Morgan fingerprint density at radius 1 is 1.35 bits per heavy atom. The molecule has 0 spiro atoms. The van der Waals surface area contributed by atoms with Crippen LogP contribution in [0.2, 0.25) is 0 Å². The fraction of sp³-hybridized carbons (Fsp3) is 0.333. The maximum absolute atomic E-state index is 13.2. The van der Waals surface area contributed by atoms with Gasteiger partial charge in [0.25, 0.3) is 0 Å². The number of hydrogen-bond acceptors (Lipinski definition) is 2. The van der Waals surface area contributed by atoms with Gasteiger partial charge in [0.2, 0.25) is 5.91 Å². The summed E-state index contributed by atoms with van der Waals surface area (Å²) in [6.45, 7) is 2.89. The largest absolute Gasteiger partial charge is 0.346 e. The number of rotatable bonds is 4. The molecule has 0 bridgehead atoms. The number of amides is 1. The van der Waals surface area contributed by atoms with Crippen LogP contribution in [0, 0.1) is 11.6 Å². The molecule has 1 aromatic rings. The van der Waals surface area contributed by atoms with Crippen molar-refractivity contribution in [1.82, 2.24) is 5.32 Å². The van der Waals surface area contributed by atoms with Gasteiger partial charge in [-0.25, -0.2) is 8.78 Å². The molecule has 92 valence electrons. The fourth-order valence-corrected chi connectivity index (χ4v) is 1.23. The average molecular weight is 241 g/mol. The number of nitrogens with one attached hydrogen (secondary N) is 1. The Morgan fingerprint density at radius 3 is 2.53 bits per heavy atom. The van der Waals surface area contributed by atoms with Gasteiger partial charge in [0.15, 0.2) is 5.78 Å². The lowest BCUT2D eigenvalue weighted by Crippen LogP contribution is -2.38. The summed E-state index contributed by atoms with van der Waals surface area (Å²) in [4.78, 5) is 22.3. The van der Waals surface area contributed by atoms with Crippen LogP contribution in [0.5, 0.6) is 0 Å². The van der Waals surface area contributed by atoms with Crippen LogP contribution < -0.4 is 5.32 Å². The molecule has 3 nitrogen and oxygen atoms in total. The van der Waals surface area contributed by atoms with Crippen molar-refractivity contribution in [3.8, 4) is 0 Å². The van der Waals surface area contributed by atoms with Crippen LogP contribution in [-0.2, 0) is 16.0 Å². The van der Waals surface area contributed by atoms with Crippen molar-refractivity contribution in [2.24, 2.45) is 0 Å². The molecule has 0 aliphatic heterocycles. The molecule has 0 saturated carbocycles. The SMILES string of the molecule is CC(=O)C(C)NC(=O)Cc1ccc(F)cc1F. The molecule has 0 aromatic heterocycles. The number of ketones is 1. The summed E-state index contributed by atoms with van der Waals surface area (Å²) in [6.07, 6.45) is -0.219. The van der Waals surface area contributed by atoms with Crippen molar-refractivity contribution < 1.29 is 18.4 Å². The summed E-state index contributed by atoms with van der Waals surface area (Å²) in [5, 5.41) is 2.42. The van der Waals surface area contributed by atoms with E-state index in [-0.39, 0.29) is 17.8 Å². The fourth-order valence-electron chi connectivity index (χ4n) is 1.23. The third-order valence-electron chi connectivity index (χ3n) is 2.35. The molecule has 0 aliphatic carbocycles. The predicted molar refractivity (Wildman–Crippen MR) is 58.3 cm³/mol. The first-order valence-corrected chi connectivity index (χ1v) is 5.14. The number of carbonyl (C=O) groups excluding carboxylic acids is 2. The Kier molecular flexibility index (Phi) is 4.31. The van der Waals surface area contributed by atoms with Gasteiger partial charge in [0.05, 0.1) is 12.5 Å². The standard InChI is InChI=1S/C12H13F2NO2/c1-7(8(2)16)15-12(17)5-9-3-4-10(13)6-11(9)14/h3-4,6-7H,5H2,1-2H3,(H,15,17). The monoisotopic (exact) mass is 241 g/mol. The molecule has 1 amide bonds. The quantitative estimate of drug-likeness (QED) is 0.870. The number of carbonyl (C=O) groups is 2. The third kappa shape index (κ3) is 3.94. The summed E-state index contributed by atoms with van der Waals surface area (Å²) in [5.41, 5.74) is 0.0969. The molecule has 1 atom stereocenters. The van der Waals surface area contributed by atoms with Crippen LogP contribution >= 0.6 is 0 Å². The van der Waals surface area contributed by atoms with Gasteiger partial charge in [-0.2, -0.15) is 0 Å². The number of hydrogen-bond donors (Lipinski definition) is 1. The van der Waals surface area contributed by atoms with Gasteiger partial charge in [-0.1, -0.05) is 6.07 Å². The van der Waals surface area contributed by atoms with Gasteiger partial charge in [0, 0.05) is 6.07 Å². The highest BCUT2D eigenvalue weighted by Gasteiger charge is 2.13. The van der Waals surface area contributed by atoms with Gasteiger partial charge in [-0.3, -0.25) is 9.59 Å². The average Bonchev–Trinajstić information content (AvgIpc) is 2.22. The van der Waals surface area contributed by atoms with Crippen LogP contribution in [0.15, 0.2) is 18.2 Å². The van der Waals surface area contributed by atoms with Crippen molar-refractivity contribution in [2.75, 3.05) is 0 Å². The number of Topliss-reactive ketones (excluding diaryl/α,β-unsaturated/α-hetero) is 1. The van der Waals surface area contributed by atoms with E-state index in [4.69, 9.17) is 0 Å². The zero-order chi connectivity index (χ0) is 13.0. The van der Waals surface area contributed by atoms with E-state index >= 15 is 0 Å². The Morgan fingerprint density at radius 2 is 2.00 bits per heavy atom. The molecular weight excluding hydrogens is 228 g/mol. The summed E-state index contributed by atoms with van der Waals surface area (Å²) >= 11 is 0. The molecule has 5 heteroatoms. The Labute approximate surface area is 97.8 Å². The minimum Gasteiger partial charge on any atom is -0.346 e. The van der Waals surface area contributed by atoms with E-state index in [0.717, 1.165) is 12.1 Å². The molecule has 0 saturated heterocycles. The zero-order valence-electron chi connectivity index (χ0n) is 9.59. The third-order valence-corrected chi connectivity index (χ3v) is 2.35. The molecule has 1 rings (SSSR count). The van der Waals surface area contributed by atoms with Crippen LogP contribution in [0.25, 0.3) is 0 Å². The first-order valence-electron chi connectivity index (χ1n) is 5.14. The second kappa shape index (κ2) is 5.52. The minimum atomic E-state index is -0.768. The van der Waals surface area contributed by atoms with E-state index < -0.39 is 23.6 Å². The van der Waals surface area contributed by atoms with E-state index in [1.165, 1.54) is 13.0 Å². The molecule has 17 heavy (non-hydrogen) atoms. The highest BCUT2D eigenvalue weighted by Crippen LogP contribution is 2.10. The molecule has 0 heterocycles. The lowest BCUT2D eigenvalue weighted by atomic mass is 10.1. The van der Waals surface area contributed by atoms with E-state index in [9.17, 15) is 18.4 Å². The zero-order valence-corrected chi connectivity index (χ0v) is 9.59. The predicted octanol–water partition coefficient (Wildman–Crippen LogP) is 1.60. The van der Waals surface area contributed by atoms with Crippen molar-refractivity contribution in [3.63, 3.8) is 0 Å². The van der Waals surface area contributed by atoms with E-state index in [2.05, 4.69) is 5.32 Å². The highest BCUT2D eigenvalue weighted by atomic mass is 19.1. The van der Waals surface area contributed by atoms with Crippen LogP contribution in [-0.4, -0.2) is 17.7 Å². The van der Waals surface area contributed by atoms with Crippen LogP contribution in [0.3, 0.4) is 0 Å². The molecule has 0 radical (unpaired) electrons. The smallest absolute Gasteiger partial charge is 0.225 e. The van der Waals surface area contributed by atoms with E-state index in [0.29, 0.717) is 0 Å². The van der Waals surface area contributed by atoms with E-state index in [1.807, 2.05) is 0 Å². The Hall–Kier alpha value is -1.78. The Balaban J connectivity index is 2.65. The van der Waals surface area contributed by atoms with Crippen molar-refractivity contribution in [3.05, 3.63) is 35.4 Å². The van der Waals surface area contributed by atoms with Gasteiger partial charge in [-0.05, 0) is 25.5 Å². The summed E-state index contributed by atoms with van der Waals surface area (Å²) in [6, 6.07) is 2.41. The molecule has 1 unspecified atom stereocenters. The second-order valence-corrected chi connectivity index (χ2v) is 3.81. The molecule has 1 aromatic carbocycles. The summed E-state index contributed by atoms with van der Waals surface area (Å²) < 4.78 is 25.8. The first kappa shape index (κ1) is 13.3. The van der Waals surface area contributed by atoms with Gasteiger partial charge in [0.1, 0.15) is 11.6 Å². The summed E-state index contributed by atoms with van der Waals surface area (Å²) in [5.74, 6) is -2.12. The number of halogens is 2. The topological polar surface area (TPSA) is 46.2 Å². The van der Waals surface area contributed by atoms with E-state index in [1.54, 1.807) is 6.92 Å². The van der Waals surface area contributed by atoms with Crippen molar-refractivity contribution in [1.29, 1.82) is 0 Å². The lowest BCUT2D eigenvalue weighted by molar-refractivity contribution is -0.126. The molecular formula is C12H13F2NO2. The maximum Gasteiger partial charge on any atom is 0.225 e. The second-order valence-electron chi connectivity index (χ2n) is 3.81. The Bertz CT molecular complexity index is 446. The molecule has 0 aliphatic rings. The van der Waals surface area contributed by atoms with Gasteiger partial charge in [-0.15, -0.1) is 0 Å². The minimum absolute atomic E-state index is 0.0969. The van der Waals surface area contributed by atoms with Crippen LogP contribution in [0.4, 0.5) is 8.78 Å². The molecule has 0 fully saturated rings. The maximum atomic E-state index is 13.2. The highest BCUT2D eigenvalue weighted by molar-refractivity contribution is 5.87. The van der Waals surface area contributed by atoms with Crippen molar-refractivity contribution >= 4 is 11.7 Å². The summed E-state index contributed by atoms with van der Waals surface area (Å²) in [7, 11) is 0. The van der Waals surface area contributed by atoms with Gasteiger partial charge < -0.3 is 5.32 Å². The molecule has 1 N–H and O–H groups in total. The normalized spacial score (nSPS) is 12.0. The first-order chi connectivity index (χ1) is 7.90. The lowest BCUT2D eigenvalue weighted by Gasteiger charge is -2.10. The number of benzene rings is 1. The van der Waals surface area contributed by atoms with Crippen LogP contribution in [0.1, 0.15) is 19.4 Å².